The number of hydrogen-bond acceptors (Lipinski definition) is 2. The summed E-state index contributed by atoms with van der Waals surface area (Å²) >= 11 is 0. The Labute approximate surface area is 99.7 Å². The van der Waals surface area contributed by atoms with Gasteiger partial charge in [0, 0.05) is 11.6 Å². The van der Waals surface area contributed by atoms with Gasteiger partial charge in [0.25, 0.3) is 0 Å². The lowest BCUT2D eigenvalue weighted by Crippen LogP contribution is -2.39. The molecule has 2 nitrogen and oxygen atoms in total. The third kappa shape index (κ3) is 2.48. The molecule has 1 aromatic carbocycles. The van der Waals surface area contributed by atoms with Gasteiger partial charge in [-0.3, -0.25) is 0 Å². The molecule has 2 N–H and O–H groups in total. The van der Waals surface area contributed by atoms with Crippen molar-refractivity contribution in [3.63, 3.8) is 0 Å². The summed E-state index contributed by atoms with van der Waals surface area (Å²) in [5, 5.41) is 13.2. The minimum Gasteiger partial charge on any atom is -0.387 e. The van der Waals surface area contributed by atoms with Gasteiger partial charge in [0.15, 0.2) is 11.6 Å². The molecule has 0 saturated carbocycles. The van der Waals surface area contributed by atoms with Gasteiger partial charge in [0.2, 0.25) is 0 Å². The summed E-state index contributed by atoms with van der Waals surface area (Å²) < 4.78 is 27.1. The maximum absolute atomic E-state index is 13.7. The highest BCUT2D eigenvalue weighted by molar-refractivity contribution is 5.28. The first kappa shape index (κ1) is 12.5. The molecule has 0 bridgehead atoms. The van der Waals surface area contributed by atoms with Crippen LogP contribution in [0.3, 0.4) is 0 Å². The molecular weight excluding hydrogens is 224 g/mol. The molecule has 0 aliphatic carbocycles. The van der Waals surface area contributed by atoms with Crippen molar-refractivity contribution in [3.8, 4) is 0 Å². The summed E-state index contributed by atoms with van der Waals surface area (Å²) in [7, 11) is 0. The van der Waals surface area contributed by atoms with Crippen LogP contribution in [-0.2, 0) is 0 Å². The van der Waals surface area contributed by atoms with Crippen molar-refractivity contribution in [2.24, 2.45) is 0 Å². The van der Waals surface area contributed by atoms with Crippen LogP contribution in [0.5, 0.6) is 0 Å². The number of piperidine rings is 1. The number of halogens is 2. The Morgan fingerprint density at radius 3 is 2.71 bits per heavy atom. The molecule has 2 unspecified atom stereocenters. The molecule has 1 aliphatic heterocycles. The summed E-state index contributed by atoms with van der Waals surface area (Å²) in [6.45, 7) is 2.32. The smallest absolute Gasteiger partial charge is 0.164 e. The van der Waals surface area contributed by atoms with Crippen LogP contribution in [0.1, 0.15) is 36.5 Å². The third-order valence-electron chi connectivity index (χ3n) is 3.35. The largest absolute Gasteiger partial charge is 0.387 e. The van der Waals surface area contributed by atoms with Gasteiger partial charge in [-0.05, 0) is 31.9 Å². The van der Waals surface area contributed by atoms with Crippen molar-refractivity contribution in [2.45, 2.75) is 38.3 Å². The Morgan fingerprint density at radius 2 is 2.06 bits per heavy atom. The minimum absolute atomic E-state index is 0.0486. The molecular formula is C13H17F2NO. The number of benzene rings is 1. The SMILES string of the molecule is Cc1ccc(C(O)C2CCCCN2)c(F)c1F. The van der Waals surface area contributed by atoms with E-state index in [1.54, 1.807) is 0 Å². The zero-order chi connectivity index (χ0) is 12.4. The van der Waals surface area contributed by atoms with Crippen LogP contribution in [0.4, 0.5) is 8.78 Å². The molecule has 2 atom stereocenters. The molecule has 0 spiro atoms. The average Bonchev–Trinajstić information content (AvgIpc) is 2.36. The first-order chi connectivity index (χ1) is 8.11. The minimum atomic E-state index is -0.981. The zero-order valence-electron chi connectivity index (χ0n) is 9.84. The number of nitrogens with one attached hydrogen (secondary N) is 1. The maximum atomic E-state index is 13.7. The highest BCUT2D eigenvalue weighted by atomic mass is 19.2. The summed E-state index contributed by atoms with van der Waals surface area (Å²) in [5.74, 6) is -1.79. The first-order valence-electron chi connectivity index (χ1n) is 5.97. The summed E-state index contributed by atoms with van der Waals surface area (Å²) in [5.41, 5.74) is 0.308. The number of aliphatic hydroxyl groups is 1. The Bertz CT molecular complexity index is 403. The van der Waals surface area contributed by atoms with Gasteiger partial charge in [0.1, 0.15) is 0 Å². The highest BCUT2D eigenvalue weighted by Gasteiger charge is 2.26. The van der Waals surface area contributed by atoms with E-state index in [1.165, 1.54) is 19.1 Å². The van der Waals surface area contributed by atoms with Gasteiger partial charge in [-0.2, -0.15) is 0 Å². The van der Waals surface area contributed by atoms with Gasteiger partial charge < -0.3 is 10.4 Å². The Hall–Kier alpha value is -1.00. The lowest BCUT2D eigenvalue weighted by molar-refractivity contribution is 0.109. The Kier molecular flexibility index (Phi) is 3.74. The number of rotatable bonds is 2. The molecule has 4 heteroatoms. The third-order valence-corrected chi connectivity index (χ3v) is 3.35. The van der Waals surface area contributed by atoms with E-state index in [2.05, 4.69) is 5.32 Å². The molecule has 0 radical (unpaired) electrons. The maximum Gasteiger partial charge on any atom is 0.164 e. The fourth-order valence-corrected chi connectivity index (χ4v) is 2.25. The average molecular weight is 241 g/mol. The molecule has 1 aliphatic rings. The standard InChI is InChI=1S/C13H17F2NO/c1-8-5-6-9(12(15)11(8)14)13(17)10-4-2-3-7-16-10/h5-6,10,13,16-17H,2-4,7H2,1H3. The first-order valence-corrected chi connectivity index (χ1v) is 5.97. The fraction of sp³-hybridized carbons (Fsp3) is 0.538. The van der Waals surface area contributed by atoms with E-state index in [0.29, 0.717) is 0 Å². The molecule has 1 aromatic rings. The van der Waals surface area contributed by atoms with Crippen molar-refractivity contribution in [2.75, 3.05) is 6.54 Å². The zero-order valence-corrected chi connectivity index (χ0v) is 9.84. The van der Waals surface area contributed by atoms with Crippen molar-refractivity contribution >= 4 is 0 Å². The fourth-order valence-electron chi connectivity index (χ4n) is 2.25. The topological polar surface area (TPSA) is 32.3 Å². The summed E-state index contributed by atoms with van der Waals surface area (Å²) in [4.78, 5) is 0. The van der Waals surface area contributed by atoms with Crippen LogP contribution >= 0.6 is 0 Å². The van der Waals surface area contributed by atoms with Crippen molar-refractivity contribution in [1.82, 2.24) is 5.32 Å². The normalized spacial score (nSPS) is 22.5. The number of hydrogen-bond donors (Lipinski definition) is 2. The van der Waals surface area contributed by atoms with Crippen LogP contribution in [0, 0.1) is 18.6 Å². The molecule has 1 heterocycles. The predicted octanol–water partition coefficient (Wildman–Crippen LogP) is 2.45. The van der Waals surface area contributed by atoms with Gasteiger partial charge in [-0.15, -0.1) is 0 Å². The molecule has 2 rings (SSSR count). The Balaban J connectivity index is 2.24. The predicted molar refractivity (Wildman–Crippen MR) is 61.7 cm³/mol. The van der Waals surface area contributed by atoms with Crippen molar-refractivity contribution in [1.29, 1.82) is 0 Å². The van der Waals surface area contributed by atoms with Crippen LogP contribution in [-0.4, -0.2) is 17.7 Å². The molecule has 1 fully saturated rings. The quantitative estimate of drug-likeness (QED) is 0.833. The number of aryl methyl sites for hydroxylation is 1. The van der Waals surface area contributed by atoms with E-state index >= 15 is 0 Å². The molecule has 1 saturated heterocycles. The van der Waals surface area contributed by atoms with E-state index < -0.39 is 17.7 Å². The molecule has 0 amide bonds. The lowest BCUT2D eigenvalue weighted by atomic mass is 9.94. The van der Waals surface area contributed by atoms with E-state index in [4.69, 9.17) is 0 Å². The van der Waals surface area contributed by atoms with Crippen molar-refractivity contribution < 1.29 is 13.9 Å². The second kappa shape index (κ2) is 5.10. The van der Waals surface area contributed by atoms with E-state index in [-0.39, 0.29) is 17.2 Å². The van der Waals surface area contributed by atoms with Crippen molar-refractivity contribution in [3.05, 3.63) is 34.9 Å². The second-order valence-electron chi connectivity index (χ2n) is 4.60. The highest BCUT2D eigenvalue weighted by Crippen LogP contribution is 2.27. The van der Waals surface area contributed by atoms with E-state index in [1.807, 2.05) is 0 Å². The van der Waals surface area contributed by atoms with E-state index in [0.717, 1.165) is 25.8 Å². The van der Waals surface area contributed by atoms with Crippen LogP contribution in [0.25, 0.3) is 0 Å². The second-order valence-corrected chi connectivity index (χ2v) is 4.60. The van der Waals surface area contributed by atoms with Crippen LogP contribution in [0.15, 0.2) is 12.1 Å². The molecule has 94 valence electrons. The summed E-state index contributed by atoms with van der Waals surface area (Å²) in [6, 6.07) is 2.79. The Morgan fingerprint density at radius 1 is 1.29 bits per heavy atom. The van der Waals surface area contributed by atoms with Crippen LogP contribution < -0.4 is 5.32 Å². The molecule has 17 heavy (non-hydrogen) atoms. The van der Waals surface area contributed by atoms with Gasteiger partial charge in [0.05, 0.1) is 6.10 Å². The van der Waals surface area contributed by atoms with Crippen LogP contribution in [0.2, 0.25) is 0 Å². The van der Waals surface area contributed by atoms with Gasteiger partial charge in [-0.25, -0.2) is 8.78 Å². The molecule has 0 aromatic heterocycles. The number of aliphatic hydroxyl groups excluding tert-OH is 1. The monoisotopic (exact) mass is 241 g/mol. The van der Waals surface area contributed by atoms with Gasteiger partial charge in [-0.1, -0.05) is 18.6 Å². The lowest BCUT2D eigenvalue weighted by Gasteiger charge is -2.28. The summed E-state index contributed by atoms with van der Waals surface area (Å²) in [6.07, 6.45) is 1.87. The van der Waals surface area contributed by atoms with E-state index in [9.17, 15) is 13.9 Å². The van der Waals surface area contributed by atoms with Gasteiger partial charge >= 0.3 is 0 Å².